The van der Waals surface area contributed by atoms with E-state index in [1.54, 1.807) is 0 Å². The second-order valence-electron chi connectivity index (χ2n) is 4.35. The topological polar surface area (TPSA) is 28.4 Å². The van der Waals surface area contributed by atoms with Gasteiger partial charge in [0.25, 0.3) is 0 Å². The first kappa shape index (κ1) is 11.4. The van der Waals surface area contributed by atoms with Crippen molar-refractivity contribution in [1.82, 2.24) is 10.2 Å². The van der Waals surface area contributed by atoms with Crippen LogP contribution >= 0.6 is 0 Å². The maximum atomic E-state index is 5.79. The standard InChI is InChI=1S/C13H20N2O/c1-4-12(15-7-5-14-6-8-15)13-9-10(2)11(3)16-13/h4,9,12,14H,1,5-8H2,2-3H3/t12-/m1/s1. The fourth-order valence-electron chi connectivity index (χ4n) is 2.15. The van der Waals surface area contributed by atoms with E-state index in [0.717, 1.165) is 37.7 Å². The van der Waals surface area contributed by atoms with Gasteiger partial charge in [0.2, 0.25) is 0 Å². The fourth-order valence-corrected chi connectivity index (χ4v) is 2.15. The van der Waals surface area contributed by atoms with Crippen LogP contribution in [0.2, 0.25) is 0 Å². The Kier molecular flexibility index (Phi) is 3.46. The third-order valence-electron chi connectivity index (χ3n) is 3.24. The highest BCUT2D eigenvalue weighted by Gasteiger charge is 2.22. The summed E-state index contributed by atoms with van der Waals surface area (Å²) in [6, 6.07) is 2.35. The fraction of sp³-hybridized carbons (Fsp3) is 0.538. The molecule has 1 fully saturated rings. The molecule has 0 spiro atoms. The zero-order valence-electron chi connectivity index (χ0n) is 10.1. The Bertz CT molecular complexity index is 345. The van der Waals surface area contributed by atoms with E-state index in [-0.39, 0.29) is 6.04 Å². The second kappa shape index (κ2) is 4.85. The van der Waals surface area contributed by atoms with Gasteiger partial charge >= 0.3 is 0 Å². The summed E-state index contributed by atoms with van der Waals surface area (Å²) in [4.78, 5) is 2.40. The van der Waals surface area contributed by atoms with Gasteiger partial charge in [-0.2, -0.15) is 0 Å². The zero-order chi connectivity index (χ0) is 11.5. The molecule has 0 saturated carbocycles. The van der Waals surface area contributed by atoms with Gasteiger partial charge in [0.05, 0.1) is 6.04 Å². The highest BCUT2D eigenvalue weighted by Crippen LogP contribution is 2.26. The van der Waals surface area contributed by atoms with Crippen molar-refractivity contribution >= 4 is 0 Å². The van der Waals surface area contributed by atoms with Gasteiger partial charge in [0, 0.05) is 26.2 Å². The molecule has 1 saturated heterocycles. The minimum absolute atomic E-state index is 0.217. The summed E-state index contributed by atoms with van der Waals surface area (Å²) in [6.45, 7) is 12.2. The zero-order valence-corrected chi connectivity index (χ0v) is 10.1. The number of hydrogen-bond acceptors (Lipinski definition) is 3. The smallest absolute Gasteiger partial charge is 0.125 e. The van der Waals surface area contributed by atoms with Crippen LogP contribution in [-0.2, 0) is 0 Å². The molecule has 0 aromatic carbocycles. The predicted octanol–water partition coefficient (Wildman–Crippen LogP) is 2.03. The van der Waals surface area contributed by atoms with Crippen molar-refractivity contribution in [3.8, 4) is 0 Å². The molecule has 1 atom stereocenters. The quantitative estimate of drug-likeness (QED) is 0.790. The van der Waals surface area contributed by atoms with Crippen LogP contribution in [0.15, 0.2) is 23.1 Å². The molecule has 3 nitrogen and oxygen atoms in total. The van der Waals surface area contributed by atoms with Gasteiger partial charge in [-0.1, -0.05) is 6.08 Å². The summed E-state index contributed by atoms with van der Waals surface area (Å²) in [7, 11) is 0. The molecule has 88 valence electrons. The number of piperazine rings is 1. The molecular formula is C13H20N2O. The van der Waals surface area contributed by atoms with Crippen molar-refractivity contribution in [2.45, 2.75) is 19.9 Å². The van der Waals surface area contributed by atoms with Crippen LogP contribution < -0.4 is 5.32 Å². The number of furan rings is 1. The Hall–Kier alpha value is -1.06. The van der Waals surface area contributed by atoms with E-state index in [9.17, 15) is 0 Å². The first-order valence-corrected chi connectivity index (χ1v) is 5.86. The van der Waals surface area contributed by atoms with Crippen molar-refractivity contribution in [1.29, 1.82) is 0 Å². The first-order valence-electron chi connectivity index (χ1n) is 5.86. The van der Waals surface area contributed by atoms with Crippen LogP contribution in [0.4, 0.5) is 0 Å². The minimum Gasteiger partial charge on any atom is -0.464 e. The molecule has 1 aromatic rings. The maximum Gasteiger partial charge on any atom is 0.125 e. The molecular weight excluding hydrogens is 200 g/mol. The molecule has 16 heavy (non-hydrogen) atoms. The van der Waals surface area contributed by atoms with Crippen LogP contribution in [0, 0.1) is 13.8 Å². The van der Waals surface area contributed by atoms with E-state index in [0.29, 0.717) is 0 Å². The largest absolute Gasteiger partial charge is 0.464 e. The van der Waals surface area contributed by atoms with Crippen LogP contribution in [-0.4, -0.2) is 31.1 Å². The van der Waals surface area contributed by atoms with Crippen molar-refractivity contribution in [2.75, 3.05) is 26.2 Å². The van der Waals surface area contributed by atoms with Crippen molar-refractivity contribution in [3.05, 3.63) is 35.8 Å². The molecule has 0 radical (unpaired) electrons. The van der Waals surface area contributed by atoms with Gasteiger partial charge in [-0.05, 0) is 25.5 Å². The molecule has 3 heteroatoms. The molecule has 1 aromatic heterocycles. The molecule has 0 aliphatic carbocycles. The first-order chi connectivity index (χ1) is 7.72. The van der Waals surface area contributed by atoms with Gasteiger partial charge in [-0.3, -0.25) is 4.90 Å². The van der Waals surface area contributed by atoms with E-state index in [1.807, 2.05) is 13.0 Å². The van der Waals surface area contributed by atoms with Crippen LogP contribution in [0.5, 0.6) is 0 Å². The summed E-state index contributed by atoms with van der Waals surface area (Å²) in [5, 5.41) is 3.36. The summed E-state index contributed by atoms with van der Waals surface area (Å²) in [6.07, 6.45) is 1.98. The highest BCUT2D eigenvalue weighted by atomic mass is 16.3. The third-order valence-corrected chi connectivity index (χ3v) is 3.24. The van der Waals surface area contributed by atoms with Crippen molar-refractivity contribution in [3.63, 3.8) is 0 Å². The Labute approximate surface area is 97.1 Å². The molecule has 0 amide bonds. The lowest BCUT2D eigenvalue weighted by Crippen LogP contribution is -2.44. The van der Waals surface area contributed by atoms with Crippen LogP contribution in [0.25, 0.3) is 0 Å². The number of rotatable bonds is 3. The summed E-state index contributed by atoms with van der Waals surface area (Å²) < 4.78 is 5.79. The molecule has 0 bridgehead atoms. The molecule has 2 heterocycles. The average Bonchev–Trinajstić information content (AvgIpc) is 2.61. The van der Waals surface area contributed by atoms with Gasteiger partial charge in [0.15, 0.2) is 0 Å². The van der Waals surface area contributed by atoms with Gasteiger partial charge in [-0.15, -0.1) is 6.58 Å². The highest BCUT2D eigenvalue weighted by molar-refractivity contribution is 5.23. The number of hydrogen-bond donors (Lipinski definition) is 1. The lowest BCUT2D eigenvalue weighted by atomic mass is 10.1. The normalized spacial score (nSPS) is 19.6. The van der Waals surface area contributed by atoms with E-state index in [4.69, 9.17) is 4.42 Å². The molecule has 1 aliphatic rings. The summed E-state index contributed by atoms with van der Waals surface area (Å²) >= 11 is 0. The average molecular weight is 220 g/mol. The lowest BCUT2D eigenvalue weighted by molar-refractivity contribution is 0.184. The SMILES string of the molecule is C=C[C@H](c1cc(C)c(C)o1)N1CCNCC1. The number of nitrogens with zero attached hydrogens (tertiary/aromatic N) is 1. The molecule has 1 N–H and O–H groups in total. The number of aryl methyl sites for hydroxylation is 2. The second-order valence-corrected chi connectivity index (χ2v) is 4.35. The maximum absolute atomic E-state index is 5.79. The molecule has 0 unspecified atom stereocenters. The Balaban J connectivity index is 2.17. The number of nitrogens with one attached hydrogen (secondary N) is 1. The lowest BCUT2D eigenvalue weighted by Gasteiger charge is -2.31. The third kappa shape index (κ3) is 2.20. The van der Waals surface area contributed by atoms with E-state index in [1.165, 1.54) is 5.56 Å². The van der Waals surface area contributed by atoms with Crippen LogP contribution in [0.1, 0.15) is 23.1 Å². The Morgan fingerprint density at radius 1 is 1.44 bits per heavy atom. The van der Waals surface area contributed by atoms with E-state index in [2.05, 4.69) is 29.8 Å². The molecule has 1 aliphatic heterocycles. The monoisotopic (exact) mass is 220 g/mol. The van der Waals surface area contributed by atoms with Crippen molar-refractivity contribution in [2.24, 2.45) is 0 Å². The van der Waals surface area contributed by atoms with E-state index < -0.39 is 0 Å². The van der Waals surface area contributed by atoms with Gasteiger partial charge < -0.3 is 9.73 Å². The van der Waals surface area contributed by atoms with Crippen LogP contribution in [0.3, 0.4) is 0 Å². The Morgan fingerprint density at radius 2 is 2.12 bits per heavy atom. The minimum atomic E-state index is 0.217. The van der Waals surface area contributed by atoms with Gasteiger partial charge in [0.1, 0.15) is 11.5 Å². The van der Waals surface area contributed by atoms with Gasteiger partial charge in [-0.25, -0.2) is 0 Å². The predicted molar refractivity (Wildman–Crippen MR) is 65.6 cm³/mol. The summed E-state index contributed by atoms with van der Waals surface area (Å²) in [5.41, 5.74) is 1.22. The summed E-state index contributed by atoms with van der Waals surface area (Å²) in [5.74, 6) is 2.03. The molecule has 2 rings (SSSR count). The van der Waals surface area contributed by atoms with E-state index >= 15 is 0 Å². The van der Waals surface area contributed by atoms with Crippen molar-refractivity contribution < 1.29 is 4.42 Å². The Morgan fingerprint density at radius 3 is 2.62 bits per heavy atom.